The molecule has 5 heteroatoms. The van der Waals surface area contributed by atoms with E-state index in [1.54, 1.807) is 6.33 Å². The molecule has 2 aromatic heterocycles. The lowest BCUT2D eigenvalue weighted by atomic mass is 10.3. The lowest BCUT2D eigenvalue weighted by Gasteiger charge is -2.11. The van der Waals surface area contributed by atoms with E-state index in [4.69, 9.17) is 0 Å². The molecule has 17 heavy (non-hydrogen) atoms. The van der Waals surface area contributed by atoms with E-state index >= 15 is 0 Å². The van der Waals surface area contributed by atoms with E-state index in [0.29, 0.717) is 0 Å². The quantitative estimate of drug-likeness (QED) is 0.874. The number of rotatable bonds is 4. The first-order valence-electron chi connectivity index (χ1n) is 5.79. The van der Waals surface area contributed by atoms with Crippen LogP contribution in [0, 0.1) is 6.92 Å². The van der Waals surface area contributed by atoms with Crippen LogP contribution in [0.15, 0.2) is 18.7 Å². The summed E-state index contributed by atoms with van der Waals surface area (Å²) < 4.78 is 2.03. The zero-order chi connectivity index (χ0) is 12.3. The maximum atomic E-state index is 4.36. The maximum Gasteiger partial charge on any atom is 0.146 e. The summed E-state index contributed by atoms with van der Waals surface area (Å²) in [7, 11) is 1.86. The van der Waals surface area contributed by atoms with Crippen LogP contribution in [-0.2, 0) is 6.42 Å². The van der Waals surface area contributed by atoms with Crippen LogP contribution in [0.2, 0.25) is 0 Å². The molecule has 2 heterocycles. The van der Waals surface area contributed by atoms with Crippen molar-refractivity contribution in [2.75, 3.05) is 12.4 Å². The highest BCUT2D eigenvalue weighted by Gasteiger charge is 2.10. The summed E-state index contributed by atoms with van der Waals surface area (Å²) in [6.45, 7) is 4.15. The van der Waals surface area contributed by atoms with E-state index in [1.807, 2.05) is 30.9 Å². The van der Waals surface area contributed by atoms with Gasteiger partial charge in [0.15, 0.2) is 0 Å². The average Bonchev–Trinajstić information content (AvgIpc) is 2.78. The van der Waals surface area contributed by atoms with Crippen molar-refractivity contribution >= 4 is 5.82 Å². The van der Waals surface area contributed by atoms with Crippen LogP contribution in [0.1, 0.15) is 24.7 Å². The van der Waals surface area contributed by atoms with Crippen molar-refractivity contribution in [2.45, 2.75) is 26.7 Å². The highest BCUT2D eigenvalue weighted by atomic mass is 15.1. The number of nitrogens with one attached hydrogen (secondary N) is 1. The monoisotopic (exact) mass is 231 g/mol. The molecule has 2 aromatic rings. The molecule has 0 aliphatic carbocycles. The van der Waals surface area contributed by atoms with E-state index < -0.39 is 0 Å². The van der Waals surface area contributed by atoms with Crippen molar-refractivity contribution in [3.8, 4) is 5.82 Å². The number of imidazole rings is 1. The average molecular weight is 231 g/mol. The minimum Gasteiger partial charge on any atom is -0.373 e. The Morgan fingerprint density at radius 3 is 2.82 bits per heavy atom. The van der Waals surface area contributed by atoms with E-state index in [-0.39, 0.29) is 0 Å². The van der Waals surface area contributed by atoms with Crippen molar-refractivity contribution in [2.24, 2.45) is 0 Å². The predicted octanol–water partition coefficient (Wildman–Crippen LogP) is 1.96. The molecule has 0 bridgehead atoms. The van der Waals surface area contributed by atoms with Gasteiger partial charge in [-0.1, -0.05) is 6.92 Å². The van der Waals surface area contributed by atoms with Crippen LogP contribution < -0.4 is 5.32 Å². The van der Waals surface area contributed by atoms with Crippen molar-refractivity contribution < 1.29 is 0 Å². The van der Waals surface area contributed by atoms with Gasteiger partial charge in [0.1, 0.15) is 23.8 Å². The molecule has 0 atom stereocenters. The van der Waals surface area contributed by atoms with Gasteiger partial charge in [0.05, 0.1) is 0 Å². The van der Waals surface area contributed by atoms with Crippen LogP contribution >= 0.6 is 0 Å². The first-order valence-corrected chi connectivity index (χ1v) is 5.79. The number of aryl methyl sites for hydroxylation is 1. The SMILES string of the molecule is CCCc1nccn1-c1ncnc(NC)c1C. The van der Waals surface area contributed by atoms with Gasteiger partial charge >= 0.3 is 0 Å². The molecule has 0 amide bonds. The van der Waals surface area contributed by atoms with Crippen LogP contribution in [0.4, 0.5) is 5.82 Å². The Bertz CT molecular complexity index is 503. The van der Waals surface area contributed by atoms with Gasteiger partial charge in [-0.2, -0.15) is 0 Å². The standard InChI is InChI=1S/C12H17N5/c1-4-5-10-14-6-7-17(10)12-9(2)11(13-3)15-8-16-12/h6-8H,4-5H2,1-3H3,(H,13,15,16). The Morgan fingerprint density at radius 1 is 1.29 bits per heavy atom. The van der Waals surface area contributed by atoms with Crippen LogP contribution in [-0.4, -0.2) is 26.6 Å². The van der Waals surface area contributed by atoms with Crippen LogP contribution in [0.25, 0.3) is 5.82 Å². The summed E-state index contributed by atoms with van der Waals surface area (Å²) in [6, 6.07) is 0. The topological polar surface area (TPSA) is 55.6 Å². The second-order valence-electron chi connectivity index (χ2n) is 3.88. The summed E-state index contributed by atoms with van der Waals surface area (Å²) in [5.41, 5.74) is 1.03. The van der Waals surface area contributed by atoms with Crippen molar-refractivity contribution in [3.05, 3.63) is 30.1 Å². The molecule has 90 valence electrons. The first-order chi connectivity index (χ1) is 8.27. The minimum absolute atomic E-state index is 0.853. The predicted molar refractivity (Wildman–Crippen MR) is 67.4 cm³/mol. The molecule has 0 aliphatic rings. The fourth-order valence-electron chi connectivity index (χ4n) is 1.87. The Hall–Kier alpha value is -1.91. The third kappa shape index (κ3) is 2.13. The lowest BCUT2D eigenvalue weighted by molar-refractivity contribution is 0.792. The largest absolute Gasteiger partial charge is 0.373 e. The van der Waals surface area contributed by atoms with Crippen molar-refractivity contribution in [1.29, 1.82) is 0 Å². The Morgan fingerprint density at radius 2 is 2.12 bits per heavy atom. The van der Waals surface area contributed by atoms with Gasteiger partial charge in [-0.05, 0) is 13.3 Å². The zero-order valence-corrected chi connectivity index (χ0v) is 10.4. The molecule has 0 unspecified atom stereocenters. The molecule has 2 rings (SSSR count). The van der Waals surface area contributed by atoms with Gasteiger partial charge in [-0.3, -0.25) is 4.57 Å². The summed E-state index contributed by atoms with van der Waals surface area (Å²) in [6.07, 6.45) is 7.35. The second-order valence-corrected chi connectivity index (χ2v) is 3.88. The number of aromatic nitrogens is 4. The van der Waals surface area contributed by atoms with Gasteiger partial charge in [0.25, 0.3) is 0 Å². The van der Waals surface area contributed by atoms with Gasteiger partial charge in [-0.15, -0.1) is 0 Å². The summed E-state index contributed by atoms with van der Waals surface area (Å²) in [5, 5.41) is 3.06. The third-order valence-corrected chi connectivity index (χ3v) is 2.71. The summed E-state index contributed by atoms with van der Waals surface area (Å²) >= 11 is 0. The molecule has 0 fully saturated rings. The second kappa shape index (κ2) is 4.95. The van der Waals surface area contributed by atoms with E-state index in [2.05, 4.69) is 27.2 Å². The van der Waals surface area contributed by atoms with E-state index in [1.165, 1.54) is 0 Å². The molecule has 0 aromatic carbocycles. The molecule has 0 radical (unpaired) electrons. The Kier molecular flexibility index (Phi) is 3.37. The smallest absolute Gasteiger partial charge is 0.146 e. The van der Waals surface area contributed by atoms with Crippen molar-refractivity contribution in [3.63, 3.8) is 0 Å². The molecular weight excluding hydrogens is 214 g/mol. The van der Waals surface area contributed by atoms with E-state index in [9.17, 15) is 0 Å². The normalized spacial score (nSPS) is 10.5. The van der Waals surface area contributed by atoms with E-state index in [0.717, 1.165) is 35.9 Å². The molecule has 0 spiro atoms. The van der Waals surface area contributed by atoms with Crippen molar-refractivity contribution in [1.82, 2.24) is 19.5 Å². The van der Waals surface area contributed by atoms with Crippen LogP contribution in [0.3, 0.4) is 0 Å². The van der Waals surface area contributed by atoms with Gasteiger partial charge < -0.3 is 5.32 Å². The number of nitrogens with zero attached hydrogens (tertiary/aromatic N) is 4. The van der Waals surface area contributed by atoms with Gasteiger partial charge in [0, 0.05) is 31.4 Å². The zero-order valence-electron chi connectivity index (χ0n) is 10.4. The summed E-state index contributed by atoms with van der Waals surface area (Å²) in [5.74, 6) is 2.79. The molecular formula is C12H17N5. The fourth-order valence-corrected chi connectivity index (χ4v) is 1.87. The summed E-state index contributed by atoms with van der Waals surface area (Å²) in [4.78, 5) is 12.9. The maximum absolute atomic E-state index is 4.36. The Labute approximate surface area is 101 Å². The molecule has 1 N–H and O–H groups in total. The van der Waals surface area contributed by atoms with Crippen LogP contribution in [0.5, 0.6) is 0 Å². The first kappa shape index (κ1) is 11.6. The minimum atomic E-state index is 0.853. The van der Waals surface area contributed by atoms with Gasteiger partial charge in [-0.25, -0.2) is 15.0 Å². The number of hydrogen-bond donors (Lipinski definition) is 1. The molecule has 5 nitrogen and oxygen atoms in total. The fraction of sp³-hybridized carbons (Fsp3) is 0.417. The molecule has 0 saturated heterocycles. The Balaban J connectivity index is 2.49. The lowest BCUT2D eigenvalue weighted by Crippen LogP contribution is -2.07. The highest BCUT2D eigenvalue weighted by Crippen LogP contribution is 2.18. The third-order valence-electron chi connectivity index (χ3n) is 2.71. The molecule has 0 aliphatic heterocycles. The number of hydrogen-bond acceptors (Lipinski definition) is 4. The molecule has 0 saturated carbocycles. The highest BCUT2D eigenvalue weighted by molar-refractivity contribution is 5.50. The number of anilines is 1. The van der Waals surface area contributed by atoms with Gasteiger partial charge in [0.2, 0.25) is 0 Å².